The zero-order valence-electron chi connectivity index (χ0n) is 16.0. The molecule has 0 aromatic heterocycles. The first-order valence-electron chi connectivity index (χ1n) is 8.81. The molecular weight excluding hydrogens is 330 g/mol. The predicted molar refractivity (Wildman–Crippen MR) is 103 cm³/mol. The Bertz CT molecular complexity index is 679. The molecule has 0 saturated heterocycles. The largest absolute Gasteiger partial charge is 0.493 e. The molecule has 0 radical (unpaired) electrons. The molecule has 3 N–H and O–H groups in total. The summed E-state index contributed by atoms with van der Waals surface area (Å²) >= 11 is 0. The van der Waals surface area contributed by atoms with Gasteiger partial charge in [-0.3, -0.25) is 0 Å². The summed E-state index contributed by atoms with van der Waals surface area (Å²) in [6.07, 6.45) is 1.30. The van der Waals surface area contributed by atoms with Gasteiger partial charge in [-0.25, -0.2) is 0 Å². The fourth-order valence-corrected chi connectivity index (χ4v) is 3.15. The van der Waals surface area contributed by atoms with Crippen molar-refractivity contribution in [1.82, 2.24) is 0 Å². The molecule has 5 heteroatoms. The third kappa shape index (κ3) is 4.29. The summed E-state index contributed by atoms with van der Waals surface area (Å²) in [7, 11) is 4.68. The Balaban J connectivity index is 2.20. The van der Waals surface area contributed by atoms with Crippen LogP contribution in [0.3, 0.4) is 0 Å². The summed E-state index contributed by atoms with van der Waals surface area (Å²) in [6.45, 7) is 2.07. The Kier molecular flexibility index (Phi) is 6.89. The third-order valence-corrected chi connectivity index (χ3v) is 4.92. The molecule has 142 valence electrons. The highest BCUT2D eigenvalue weighted by Crippen LogP contribution is 2.41. The van der Waals surface area contributed by atoms with Crippen LogP contribution >= 0.6 is 0 Å². The van der Waals surface area contributed by atoms with Crippen molar-refractivity contribution in [2.45, 2.75) is 37.8 Å². The lowest BCUT2D eigenvalue weighted by atomic mass is 9.82. The summed E-state index contributed by atoms with van der Waals surface area (Å²) in [5.41, 5.74) is 7.95. The SMILES string of the molecule is CCC(N)(CCC(O)c1cc(OC)c(OC)c(OC)c1)c1ccccc1. The van der Waals surface area contributed by atoms with Crippen LogP contribution in [0.4, 0.5) is 0 Å². The first kappa shape index (κ1) is 20.1. The molecule has 2 aromatic rings. The molecule has 0 heterocycles. The number of rotatable bonds is 9. The zero-order chi connectivity index (χ0) is 19.2. The van der Waals surface area contributed by atoms with E-state index in [-0.39, 0.29) is 0 Å². The van der Waals surface area contributed by atoms with E-state index >= 15 is 0 Å². The van der Waals surface area contributed by atoms with Crippen molar-refractivity contribution >= 4 is 0 Å². The average Bonchev–Trinajstić information content (AvgIpc) is 2.71. The summed E-state index contributed by atoms with van der Waals surface area (Å²) in [5.74, 6) is 1.56. The summed E-state index contributed by atoms with van der Waals surface area (Å²) in [4.78, 5) is 0. The van der Waals surface area contributed by atoms with Crippen LogP contribution in [-0.2, 0) is 5.54 Å². The van der Waals surface area contributed by atoms with E-state index in [1.54, 1.807) is 33.5 Å². The number of methoxy groups -OCH3 is 3. The highest BCUT2D eigenvalue weighted by molar-refractivity contribution is 5.54. The van der Waals surface area contributed by atoms with Gasteiger partial charge in [-0.1, -0.05) is 37.3 Å². The topological polar surface area (TPSA) is 73.9 Å². The van der Waals surface area contributed by atoms with Crippen molar-refractivity contribution in [2.24, 2.45) is 5.73 Å². The van der Waals surface area contributed by atoms with Crippen LogP contribution in [-0.4, -0.2) is 26.4 Å². The van der Waals surface area contributed by atoms with Gasteiger partial charge in [-0.15, -0.1) is 0 Å². The van der Waals surface area contributed by atoms with Crippen LogP contribution in [0.5, 0.6) is 17.2 Å². The van der Waals surface area contributed by atoms with E-state index in [1.165, 1.54) is 0 Å². The predicted octanol–water partition coefficient (Wildman–Crippen LogP) is 3.79. The molecule has 0 aliphatic rings. The van der Waals surface area contributed by atoms with Gasteiger partial charge in [0.15, 0.2) is 11.5 Å². The van der Waals surface area contributed by atoms with Gasteiger partial charge in [-0.2, -0.15) is 0 Å². The van der Waals surface area contributed by atoms with E-state index < -0.39 is 11.6 Å². The maximum absolute atomic E-state index is 10.7. The minimum atomic E-state index is -0.679. The maximum Gasteiger partial charge on any atom is 0.203 e. The fraction of sp³-hybridized carbons (Fsp3) is 0.429. The smallest absolute Gasteiger partial charge is 0.203 e. The Morgan fingerprint density at radius 2 is 1.58 bits per heavy atom. The standard InChI is InChI=1S/C21H29NO4/c1-5-21(22,16-9-7-6-8-10-16)12-11-17(23)15-13-18(24-2)20(26-4)19(14-15)25-3/h6-10,13-14,17,23H,5,11-12,22H2,1-4H3. The van der Waals surface area contributed by atoms with Gasteiger partial charge < -0.3 is 25.1 Å². The van der Waals surface area contributed by atoms with Crippen LogP contribution in [0, 0.1) is 0 Å². The molecule has 5 nitrogen and oxygen atoms in total. The van der Waals surface area contributed by atoms with Gasteiger partial charge in [0.2, 0.25) is 5.75 Å². The summed E-state index contributed by atoms with van der Waals surface area (Å²) in [6, 6.07) is 13.6. The first-order valence-corrected chi connectivity index (χ1v) is 8.81. The van der Waals surface area contributed by atoms with Gasteiger partial charge in [0.1, 0.15) is 0 Å². The van der Waals surface area contributed by atoms with E-state index in [4.69, 9.17) is 19.9 Å². The molecule has 0 aliphatic heterocycles. The molecule has 26 heavy (non-hydrogen) atoms. The molecule has 0 saturated carbocycles. The quantitative estimate of drug-likeness (QED) is 0.712. The highest BCUT2D eigenvalue weighted by Gasteiger charge is 2.27. The van der Waals surface area contributed by atoms with Crippen LogP contribution < -0.4 is 19.9 Å². The third-order valence-electron chi connectivity index (χ3n) is 4.92. The van der Waals surface area contributed by atoms with Crippen molar-refractivity contribution in [1.29, 1.82) is 0 Å². The fourth-order valence-electron chi connectivity index (χ4n) is 3.15. The van der Waals surface area contributed by atoms with Gasteiger partial charge in [0.05, 0.1) is 27.4 Å². The Labute approximate surface area is 155 Å². The van der Waals surface area contributed by atoms with Crippen LogP contribution in [0.15, 0.2) is 42.5 Å². The molecule has 2 rings (SSSR count). The molecule has 0 fully saturated rings. The number of aliphatic hydroxyl groups excluding tert-OH is 1. The van der Waals surface area contributed by atoms with Gasteiger partial charge in [0, 0.05) is 5.54 Å². The number of ether oxygens (including phenoxy) is 3. The number of nitrogens with two attached hydrogens (primary N) is 1. The molecule has 0 bridgehead atoms. The Morgan fingerprint density at radius 3 is 2.04 bits per heavy atom. The second kappa shape index (κ2) is 8.92. The molecule has 2 atom stereocenters. The lowest BCUT2D eigenvalue weighted by Crippen LogP contribution is -2.36. The summed E-state index contributed by atoms with van der Waals surface area (Å²) < 4.78 is 16.1. The second-order valence-corrected chi connectivity index (χ2v) is 6.39. The van der Waals surface area contributed by atoms with E-state index in [0.717, 1.165) is 12.0 Å². The van der Waals surface area contributed by atoms with E-state index in [0.29, 0.717) is 35.7 Å². The van der Waals surface area contributed by atoms with Crippen LogP contribution in [0.1, 0.15) is 43.4 Å². The summed E-state index contributed by atoms with van der Waals surface area (Å²) in [5, 5.41) is 10.7. The Hall–Kier alpha value is -2.24. The number of hydrogen-bond donors (Lipinski definition) is 2. The van der Waals surface area contributed by atoms with Crippen molar-refractivity contribution in [3.63, 3.8) is 0 Å². The van der Waals surface area contributed by atoms with Gasteiger partial charge in [0.25, 0.3) is 0 Å². The molecular formula is C21H29NO4. The average molecular weight is 359 g/mol. The van der Waals surface area contributed by atoms with E-state index in [1.807, 2.05) is 30.3 Å². The normalized spacial score (nSPS) is 14.4. The molecule has 0 aliphatic carbocycles. The lowest BCUT2D eigenvalue weighted by molar-refractivity contribution is 0.150. The highest BCUT2D eigenvalue weighted by atomic mass is 16.5. The van der Waals surface area contributed by atoms with Gasteiger partial charge in [-0.05, 0) is 42.5 Å². The molecule has 0 spiro atoms. The minimum Gasteiger partial charge on any atom is -0.493 e. The van der Waals surface area contributed by atoms with Crippen molar-refractivity contribution in [3.05, 3.63) is 53.6 Å². The van der Waals surface area contributed by atoms with Crippen LogP contribution in [0.2, 0.25) is 0 Å². The van der Waals surface area contributed by atoms with Crippen molar-refractivity contribution < 1.29 is 19.3 Å². The maximum atomic E-state index is 10.7. The number of hydrogen-bond acceptors (Lipinski definition) is 5. The Morgan fingerprint density at radius 1 is 1.00 bits per heavy atom. The van der Waals surface area contributed by atoms with E-state index in [9.17, 15) is 5.11 Å². The number of aliphatic hydroxyl groups is 1. The monoisotopic (exact) mass is 359 g/mol. The molecule has 2 aromatic carbocycles. The lowest BCUT2D eigenvalue weighted by Gasteiger charge is -2.30. The molecule has 2 unspecified atom stereocenters. The van der Waals surface area contributed by atoms with Crippen molar-refractivity contribution in [2.75, 3.05) is 21.3 Å². The number of benzene rings is 2. The second-order valence-electron chi connectivity index (χ2n) is 6.39. The van der Waals surface area contributed by atoms with Crippen LogP contribution in [0.25, 0.3) is 0 Å². The zero-order valence-corrected chi connectivity index (χ0v) is 16.0. The minimum absolute atomic E-state index is 0.469. The molecule has 0 amide bonds. The van der Waals surface area contributed by atoms with Crippen molar-refractivity contribution in [3.8, 4) is 17.2 Å². The van der Waals surface area contributed by atoms with Gasteiger partial charge >= 0.3 is 0 Å². The van der Waals surface area contributed by atoms with E-state index in [2.05, 4.69) is 6.92 Å². The first-order chi connectivity index (χ1) is 12.5.